The molecule has 1 unspecified atom stereocenters. The highest BCUT2D eigenvalue weighted by Gasteiger charge is 2.23. The van der Waals surface area contributed by atoms with E-state index in [1.165, 1.54) is 0 Å². The second-order valence-electron chi connectivity index (χ2n) is 8.24. The average Bonchev–Trinajstić information content (AvgIpc) is 3.10. The minimum absolute atomic E-state index is 0.129. The molecule has 0 bridgehead atoms. The van der Waals surface area contributed by atoms with Crippen LogP contribution in [0.2, 0.25) is 0 Å². The summed E-state index contributed by atoms with van der Waals surface area (Å²) in [6.45, 7) is 10.9. The summed E-state index contributed by atoms with van der Waals surface area (Å²) in [5.41, 5.74) is 2.26. The highest BCUT2D eigenvalue weighted by molar-refractivity contribution is 5.93. The zero-order valence-electron chi connectivity index (χ0n) is 17.9. The van der Waals surface area contributed by atoms with Crippen LogP contribution in [-0.4, -0.2) is 40.6 Å². The highest BCUT2D eigenvalue weighted by Crippen LogP contribution is 2.22. The Hall–Kier alpha value is -2.41. The van der Waals surface area contributed by atoms with Crippen LogP contribution < -0.4 is 15.4 Å². The van der Waals surface area contributed by atoms with Gasteiger partial charge in [0.05, 0.1) is 24.4 Å². The van der Waals surface area contributed by atoms with E-state index in [1.54, 1.807) is 0 Å². The van der Waals surface area contributed by atoms with Gasteiger partial charge in [-0.1, -0.05) is 31.2 Å². The number of carbonyl (C=O) groups is 1. The zero-order chi connectivity index (χ0) is 20.8. The van der Waals surface area contributed by atoms with Crippen LogP contribution in [0.3, 0.4) is 0 Å². The monoisotopic (exact) mass is 399 g/mol. The molecule has 1 aliphatic heterocycles. The van der Waals surface area contributed by atoms with Crippen LogP contribution in [0.1, 0.15) is 73.9 Å². The minimum Gasteiger partial charge on any atom is -0.494 e. The van der Waals surface area contributed by atoms with E-state index in [4.69, 9.17) is 4.74 Å². The van der Waals surface area contributed by atoms with Gasteiger partial charge in [-0.05, 0) is 69.8 Å². The van der Waals surface area contributed by atoms with Crippen LogP contribution in [0.4, 0.5) is 0 Å². The van der Waals surface area contributed by atoms with Crippen LogP contribution in [-0.2, 0) is 0 Å². The molecule has 0 radical (unpaired) electrons. The fourth-order valence-corrected chi connectivity index (χ4v) is 3.56. The summed E-state index contributed by atoms with van der Waals surface area (Å²) in [7, 11) is 0. The summed E-state index contributed by atoms with van der Waals surface area (Å²) in [4.78, 5) is 12.8. The number of hydrogen-bond acceptors (Lipinski definition) is 5. The maximum Gasteiger partial charge on any atom is 0.274 e. The molecule has 1 amide bonds. The first-order valence-corrected chi connectivity index (χ1v) is 10.6. The van der Waals surface area contributed by atoms with Gasteiger partial charge in [0.15, 0.2) is 5.69 Å². The van der Waals surface area contributed by atoms with Crippen LogP contribution >= 0.6 is 0 Å². The number of benzene rings is 1. The Kier molecular flexibility index (Phi) is 7.25. The molecular formula is C22H33N5O2. The smallest absolute Gasteiger partial charge is 0.274 e. The lowest BCUT2D eigenvalue weighted by Gasteiger charge is -2.23. The molecule has 2 N–H and O–H groups in total. The number of rotatable bonds is 8. The number of nitrogens with one attached hydrogen (secondary N) is 2. The zero-order valence-corrected chi connectivity index (χ0v) is 17.9. The second kappa shape index (κ2) is 9.87. The molecule has 0 spiro atoms. The van der Waals surface area contributed by atoms with Gasteiger partial charge in [-0.3, -0.25) is 4.79 Å². The van der Waals surface area contributed by atoms with E-state index in [9.17, 15) is 4.79 Å². The molecule has 7 heteroatoms. The van der Waals surface area contributed by atoms with Gasteiger partial charge < -0.3 is 15.4 Å². The van der Waals surface area contributed by atoms with Crippen molar-refractivity contribution in [2.75, 3.05) is 19.7 Å². The highest BCUT2D eigenvalue weighted by atomic mass is 16.5. The van der Waals surface area contributed by atoms with Crippen molar-refractivity contribution in [3.05, 3.63) is 41.2 Å². The predicted molar refractivity (Wildman–Crippen MR) is 113 cm³/mol. The third-order valence-electron chi connectivity index (χ3n) is 5.49. The average molecular weight is 400 g/mol. The molecule has 3 rings (SSSR count). The number of carbonyl (C=O) groups excluding carboxylic acids is 1. The Morgan fingerprint density at radius 1 is 1.24 bits per heavy atom. The Morgan fingerprint density at radius 2 is 1.93 bits per heavy atom. The molecule has 1 aliphatic rings. The summed E-state index contributed by atoms with van der Waals surface area (Å²) < 4.78 is 7.67. The summed E-state index contributed by atoms with van der Waals surface area (Å²) in [5.74, 6) is 1.29. The predicted octanol–water partition coefficient (Wildman–Crippen LogP) is 3.43. The maximum absolute atomic E-state index is 12.8. The quantitative estimate of drug-likeness (QED) is 0.711. The van der Waals surface area contributed by atoms with Gasteiger partial charge in [0.1, 0.15) is 5.75 Å². The molecule has 1 atom stereocenters. The van der Waals surface area contributed by atoms with Crippen LogP contribution in [0.25, 0.3) is 0 Å². The standard InChI is InChI=1S/C22H33N5O2/c1-15(2)11-14-29-20-7-5-18(6-8-20)16(3)24-22(28)21-17(4)27(26-25-21)19-9-12-23-13-10-19/h5-8,15-16,19,23H,9-14H2,1-4H3,(H,24,28). The van der Waals surface area contributed by atoms with Gasteiger partial charge in [-0.15, -0.1) is 5.10 Å². The Balaban J connectivity index is 1.58. The van der Waals surface area contributed by atoms with Crippen LogP contribution in [0, 0.1) is 12.8 Å². The van der Waals surface area contributed by atoms with Crippen molar-refractivity contribution in [2.24, 2.45) is 5.92 Å². The van der Waals surface area contributed by atoms with Crippen molar-refractivity contribution in [3.8, 4) is 5.75 Å². The number of ether oxygens (including phenoxy) is 1. The van der Waals surface area contributed by atoms with Crippen molar-refractivity contribution in [3.63, 3.8) is 0 Å². The van der Waals surface area contributed by atoms with E-state index in [1.807, 2.05) is 42.8 Å². The molecule has 1 aromatic carbocycles. The second-order valence-corrected chi connectivity index (χ2v) is 8.24. The molecule has 1 saturated heterocycles. The van der Waals surface area contributed by atoms with Crippen LogP contribution in [0.15, 0.2) is 24.3 Å². The molecule has 7 nitrogen and oxygen atoms in total. The first-order chi connectivity index (χ1) is 14.0. The first-order valence-electron chi connectivity index (χ1n) is 10.6. The van der Waals surface area contributed by atoms with Crippen molar-refractivity contribution in [1.82, 2.24) is 25.6 Å². The molecule has 2 heterocycles. The van der Waals surface area contributed by atoms with E-state index in [-0.39, 0.29) is 11.9 Å². The van der Waals surface area contributed by atoms with Crippen molar-refractivity contribution >= 4 is 5.91 Å². The lowest BCUT2D eigenvalue weighted by atomic mass is 10.1. The minimum atomic E-state index is -0.188. The number of hydrogen-bond donors (Lipinski definition) is 2. The first kappa shape index (κ1) is 21.3. The fourth-order valence-electron chi connectivity index (χ4n) is 3.56. The van der Waals surface area contributed by atoms with Gasteiger partial charge >= 0.3 is 0 Å². The largest absolute Gasteiger partial charge is 0.494 e. The van der Waals surface area contributed by atoms with E-state index < -0.39 is 0 Å². The molecule has 29 heavy (non-hydrogen) atoms. The Morgan fingerprint density at radius 3 is 2.59 bits per heavy atom. The van der Waals surface area contributed by atoms with Crippen molar-refractivity contribution < 1.29 is 9.53 Å². The molecule has 0 saturated carbocycles. The third-order valence-corrected chi connectivity index (χ3v) is 5.49. The van der Waals surface area contributed by atoms with Gasteiger partial charge in [0, 0.05) is 0 Å². The van der Waals surface area contributed by atoms with E-state index in [0.29, 0.717) is 17.7 Å². The van der Waals surface area contributed by atoms with E-state index >= 15 is 0 Å². The lowest BCUT2D eigenvalue weighted by Crippen LogP contribution is -2.31. The van der Waals surface area contributed by atoms with E-state index in [2.05, 4.69) is 34.8 Å². The molecule has 2 aromatic rings. The summed E-state index contributed by atoms with van der Waals surface area (Å²) in [5, 5.41) is 14.8. The number of aromatic nitrogens is 3. The lowest BCUT2D eigenvalue weighted by molar-refractivity contribution is 0.0934. The van der Waals surface area contributed by atoms with Crippen molar-refractivity contribution in [2.45, 2.75) is 59.0 Å². The molecule has 158 valence electrons. The number of piperidine rings is 1. The number of nitrogens with zero attached hydrogens (tertiary/aromatic N) is 3. The summed E-state index contributed by atoms with van der Waals surface area (Å²) in [6, 6.07) is 8.08. The van der Waals surface area contributed by atoms with Crippen molar-refractivity contribution in [1.29, 1.82) is 0 Å². The van der Waals surface area contributed by atoms with Gasteiger partial charge in [0.2, 0.25) is 0 Å². The summed E-state index contributed by atoms with van der Waals surface area (Å²) >= 11 is 0. The maximum atomic E-state index is 12.8. The Labute approximate surface area is 173 Å². The SMILES string of the molecule is Cc1c(C(=O)NC(C)c2ccc(OCCC(C)C)cc2)nnn1C1CCNCC1. The van der Waals surface area contributed by atoms with Crippen LogP contribution in [0.5, 0.6) is 5.75 Å². The normalized spacial score (nSPS) is 16.0. The fraction of sp³-hybridized carbons (Fsp3) is 0.591. The van der Waals surface area contributed by atoms with Gasteiger partial charge in [-0.25, -0.2) is 4.68 Å². The number of amides is 1. The van der Waals surface area contributed by atoms with E-state index in [0.717, 1.165) is 56.0 Å². The van der Waals surface area contributed by atoms with Gasteiger partial charge in [0.25, 0.3) is 5.91 Å². The topological polar surface area (TPSA) is 81.1 Å². The molecule has 1 fully saturated rings. The summed E-state index contributed by atoms with van der Waals surface area (Å²) in [6.07, 6.45) is 3.05. The van der Waals surface area contributed by atoms with Gasteiger partial charge in [-0.2, -0.15) is 0 Å². The Bertz CT molecular complexity index is 794. The molecular weight excluding hydrogens is 366 g/mol. The third kappa shape index (κ3) is 5.56. The molecule has 1 aromatic heterocycles. The molecule has 0 aliphatic carbocycles.